The molecule has 0 saturated heterocycles. The van der Waals surface area contributed by atoms with Gasteiger partial charge in [-0.05, 0) is 24.6 Å². The van der Waals surface area contributed by atoms with Gasteiger partial charge in [0, 0.05) is 27.2 Å². The van der Waals surface area contributed by atoms with Gasteiger partial charge in [0.2, 0.25) is 0 Å². The molecule has 0 aliphatic heterocycles. The van der Waals surface area contributed by atoms with E-state index in [2.05, 4.69) is 20.9 Å². The summed E-state index contributed by atoms with van der Waals surface area (Å²) in [5.74, 6) is -0.0146. The van der Waals surface area contributed by atoms with Gasteiger partial charge < -0.3 is 4.98 Å². The molecule has 1 heterocycles. The molecule has 0 amide bonds. The summed E-state index contributed by atoms with van der Waals surface area (Å²) in [6.07, 6.45) is 1.71. The van der Waals surface area contributed by atoms with E-state index in [1.165, 1.54) is 0 Å². The highest BCUT2D eigenvalue weighted by Crippen LogP contribution is 2.27. The van der Waals surface area contributed by atoms with Crippen molar-refractivity contribution in [3.63, 3.8) is 0 Å². The predicted molar refractivity (Wildman–Crippen MR) is 85.6 cm³/mol. The van der Waals surface area contributed by atoms with Crippen molar-refractivity contribution in [1.82, 2.24) is 4.98 Å². The lowest BCUT2D eigenvalue weighted by Crippen LogP contribution is -2.00. The second-order valence-corrected chi connectivity index (χ2v) is 5.92. The van der Waals surface area contributed by atoms with Gasteiger partial charge in [-0.3, -0.25) is 4.79 Å². The Morgan fingerprint density at radius 3 is 2.80 bits per heavy atom. The maximum Gasteiger partial charge on any atom is 0.195 e. The Kier molecular flexibility index (Phi) is 3.40. The van der Waals surface area contributed by atoms with Crippen LogP contribution in [0.15, 0.2) is 47.1 Å². The molecule has 0 saturated carbocycles. The van der Waals surface area contributed by atoms with E-state index >= 15 is 0 Å². The maximum atomic E-state index is 12.6. The van der Waals surface area contributed by atoms with Gasteiger partial charge in [0.15, 0.2) is 5.78 Å². The molecule has 0 atom stereocenters. The predicted octanol–water partition coefficient (Wildman–Crippen LogP) is 5.12. The number of fused-ring (bicyclic) bond motifs is 1. The summed E-state index contributed by atoms with van der Waals surface area (Å²) in [7, 11) is 0. The number of benzene rings is 2. The molecule has 0 aliphatic carbocycles. The van der Waals surface area contributed by atoms with E-state index < -0.39 is 0 Å². The summed E-state index contributed by atoms with van der Waals surface area (Å²) in [6.45, 7) is 1.99. The van der Waals surface area contributed by atoms with Gasteiger partial charge >= 0.3 is 0 Å². The van der Waals surface area contributed by atoms with Crippen LogP contribution in [-0.4, -0.2) is 10.8 Å². The molecular formula is C16H11BrClNO. The number of aromatic nitrogens is 1. The fourth-order valence-corrected chi connectivity index (χ4v) is 2.80. The Labute approximate surface area is 129 Å². The van der Waals surface area contributed by atoms with Crippen LogP contribution < -0.4 is 0 Å². The zero-order valence-electron chi connectivity index (χ0n) is 10.7. The van der Waals surface area contributed by atoms with Crippen LogP contribution in [0, 0.1) is 6.92 Å². The molecule has 3 rings (SSSR count). The van der Waals surface area contributed by atoms with Gasteiger partial charge in [-0.1, -0.05) is 51.8 Å². The molecule has 0 unspecified atom stereocenters. The van der Waals surface area contributed by atoms with Crippen molar-refractivity contribution in [2.24, 2.45) is 0 Å². The highest BCUT2D eigenvalue weighted by atomic mass is 79.9. The van der Waals surface area contributed by atoms with Crippen molar-refractivity contribution in [2.45, 2.75) is 6.92 Å². The molecule has 0 radical (unpaired) electrons. The molecule has 0 spiro atoms. The van der Waals surface area contributed by atoms with E-state index in [4.69, 9.17) is 11.6 Å². The molecule has 3 aromatic rings. The number of aromatic amines is 1. The lowest BCUT2D eigenvalue weighted by atomic mass is 10.0. The van der Waals surface area contributed by atoms with Gasteiger partial charge in [0.25, 0.3) is 0 Å². The van der Waals surface area contributed by atoms with Gasteiger partial charge in [-0.2, -0.15) is 0 Å². The monoisotopic (exact) mass is 347 g/mol. The summed E-state index contributed by atoms with van der Waals surface area (Å²) in [4.78, 5) is 15.7. The average molecular weight is 349 g/mol. The van der Waals surface area contributed by atoms with Gasteiger partial charge in [0.05, 0.1) is 10.5 Å². The average Bonchev–Trinajstić information content (AvgIpc) is 2.86. The number of ketones is 1. The molecule has 0 aliphatic rings. The number of aryl methyl sites for hydroxylation is 1. The Bertz CT molecular complexity index is 822. The van der Waals surface area contributed by atoms with Crippen molar-refractivity contribution >= 4 is 44.2 Å². The topological polar surface area (TPSA) is 32.9 Å². The summed E-state index contributed by atoms with van der Waals surface area (Å²) in [6, 6.07) is 11.2. The number of H-pyrrole nitrogens is 1. The minimum atomic E-state index is -0.0146. The normalized spacial score (nSPS) is 10.9. The number of halogens is 2. The third-order valence-corrected chi connectivity index (χ3v) is 4.51. The van der Waals surface area contributed by atoms with Crippen LogP contribution in [0.3, 0.4) is 0 Å². The molecular weight excluding hydrogens is 338 g/mol. The van der Waals surface area contributed by atoms with Crippen molar-refractivity contribution in [3.8, 4) is 0 Å². The minimum Gasteiger partial charge on any atom is -0.359 e. The lowest BCUT2D eigenvalue weighted by molar-refractivity contribution is 0.104. The van der Waals surface area contributed by atoms with E-state index in [1.807, 2.05) is 37.3 Å². The highest BCUT2D eigenvalue weighted by molar-refractivity contribution is 9.10. The molecule has 1 N–H and O–H groups in total. The van der Waals surface area contributed by atoms with E-state index in [0.717, 1.165) is 20.9 Å². The van der Waals surface area contributed by atoms with Crippen LogP contribution in [0.25, 0.3) is 10.9 Å². The quantitative estimate of drug-likeness (QED) is 0.640. The fraction of sp³-hybridized carbons (Fsp3) is 0.0625. The number of para-hydroxylation sites is 1. The molecule has 100 valence electrons. The number of hydrogen-bond donors (Lipinski definition) is 1. The summed E-state index contributed by atoms with van der Waals surface area (Å²) >= 11 is 9.57. The summed E-state index contributed by atoms with van der Waals surface area (Å²) in [5, 5.41) is 1.46. The molecule has 0 bridgehead atoms. The Morgan fingerprint density at radius 2 is 2.05 bits per heavy atom. The molecule has 2 aromatic carbocycles. The van der Waals surface area contributed by atoms with Crippen LogP contribution in [0.4, 0.5) is 0 Å². The fourth-order valence-electron chi connectivity index (χ4n) is 2.19. The minimum absolute atomic E-state index is 0.0146. The number of hydrogen-bond acceptors (Lipinski definition) is 1. The second kappa shape index (κ2) is 5.08. The van der Waals surface area contributed by atoms with Crippen molar-refractivity contribution in [2.75, 3.05) is 0 Å². The van der Waals surface area contributed by atoms with E-state index in [0.29, 0.717) is 16.1 Å². The van der Waals surface area contributed by atoms with Crippen molar-refractivity contribution in [3.05, 3.63) is 68.8 Å². The van der Waals surface area contributed by atoms with Gasteiger partial charge in [-0.15, -0.1) is 0 Å². The largest absolute Gasteiger partial charge is 0.359 e. The molecule has 4 heteroatoms. The second-order valence-electron chi connectivity index (χ2n) is 4.66. The SMILES string of the molecule is Cc1ccc(C(=O)c2c[nH]c3c(Cl)cccc23)cc1Br. The first-order valence-corrected chi connectivity index (χ1v) is 7.31. The number of carbonyl (C=O) groups excluding carboxylic acids is 1. The maximum absolute atomic E-state index is 12.6. The number of rotatable bonds is 2. The highest BCUT2D eigenvalue weighted by Gasteiger charge is 2.15. The molecule has 20 heavy (non-hydrogen) atoms. The first kappa shape index (κ1) is 13.4. The first-order valence-electron chi connectivity index (χ1n) is 6.14. The number of nitrogens with one attached hydrogen (secondary N) is 1. The van der Waals surface area contributed by atoms with Crippen LogP contribution >= 0.6 is 27.5 Å². The Morgan fingerprint density at radius 1 is 1.25 bits per heavy atom. The smallest absolute Gasteiger partial charge is 0.195 e. The molecule has 1 aromatic heterocycles. The van der Waals surface area contributed by atoms with Gasteiger partial charge in [-0.25, -0.2) is 0 Å². The zero-order valence-corrected chi connectivity index (χ0v) is 13.0. The Balaban J connectivity index is 2.13. The van der Waals surface area contributed by atoms with Crippen molar-refractivity contribution < 1.29 is 4.79 Å². The molecule has 2 nitrogen and oxygen atoms in total. The summed E-state index contributed by atoms with van der Waals surface area (Å²) < 4.78 is 0.932. The van der Waals surface area contributed by atoms with Gasteiger partial charge in [0.1, 0.15) is 0 Å². The van der Waals surface area contributed by atoms with E-state index in [-0.39, 0.29) is 5.78 Å². The first-order chi connectivity index (χ1) is 9.58. The zero-order chi connectivity index (χ0) is 14.3. The van der Waals surface area contributed by atoms with Crippen LogP contribution in [0.5, 0.6) is 0 Å². The van der Waals surface area contributed by atoms with E-state index in [1.54, 1.807) is 12.3 Å². The standard InChI is InChI=1S/C16H11BrClNO/c1-9-5-6-10(7-13(9)17)16(20)12-8-19-15-11(12)3-2-4-14(15)18/h2-8,19H,1H3. The molecule has 0 fully saturated rings. The van der Waals surface area contributed by atoms with Crippen molar-refractivity contribution in [1.29, 1.82) is 0 Å². The van der Waals surface area contributed by atoms with Crippen LogP contribution in [0.1, 0.15) is 21.5 Å². The summed E-state index contributed by atoms with van der Waals surface area (Å²) in [5.41, 5.74) is 3.19. The lowest BCUT2D eigenvalue weighted by Gasteiger charge is -2.03. The van der Waals surface area contributed by atoms with Crippen LogP contribution in [0.2, 0.25) is 5.02 Å². The van der Waals surface area contributed by atoms with Crippen LogP contribution in [-0.2, 0) is 0 Å². The number of carbonyl (C=O) groups is 1. The third kappa shape index (κ3) is 2.17. The van der Waals surface area contributed by atoms with E-state index in [9.17, 15) is 4.79 Å². The third-order valence-electron chi connectivity index (χ3n) is 3.34. The Hall–Kier alpha value is -1.58.